The predicted molar refractivity (Wildman–Crippen MR) is 93.0 cm³/mol. The number of aromatic carboxylic acids is 1. The molecular formula is C17H18ClNO4S. The third kappa shape index (κ3) is 5.33. The molecule has 0 saturated heterocycles. The topological polar surface area (TPSA) is 83.5 Å². The van der Waals surface area contributed by atoms with E-state index in [-0.39, 0.29) is 10.5 Å². The van der Waals surface area contributed by atoms with Gasteiger partial charge in [0.15, 0.2) is 0 Å². The lowest BCUT2D eigenvalue weighted by Crippen LogP contribution is -2.25. The smallest absolute Gasteiger partial charge is 0.335 e. The summed E-state index contributed by atoms with van der Waals surface area (Å²) in [5.74, 6) is -1.16. The van der Waals surface area contributed by atoms with Crippen LogP contribution in [-0.4, -0.2) is 26.0 Å². The second-order valence-corrected chi connectivity index (χ2v) is 7.52. The molecule has 2 aromatic carbocycles. The van der Waals surface area contributed by atoms with E-state index in [2.05, 4.69) is 4.72 Å². The van der Waals surface area contributed by atoms with Gasteiger partial charge in [0.1, 0.15) is 0 Å². The fraction of sp³-hybridized carbons (Fsp3) is 0.235. The van der Waals surface area contributed by atoms with Crippen LogP contribution in [0.2, 0.25) is 5.02 Å². The molecule has 0 heterocycles. The number of rotatable bonds is 8. The van der Waals surface area contributed by atoms with Gasteiger partial charge in [0, 0.05) is 11.6 Å². The first-order valence-electron chi connectivity index (χ1n) is 7.46. The Bertz CT molecular complexity index is 804. The average Bonchev–Trinajstić information content (AvgIpc) is 2.56. The van der Waals surface area contributed by atoms with Crippen molar-refractivity contribution in [2.45, 2.75) is 24.2 Å². The number of hydrogen-bond acceptors (Lipinski definition) is 3. The number of carboxylic acid groups (broad SMARTS) is 1. The molecule has 0 fully saturated rings. The van der Waals surface area contributed by atoms with Crippen LogP contribution >= 0.6 is 11.6 Å². The summed E-state index contributed by atoms with van der Waals surface area (Å²) in [6, 6.07) is 12.9. The monoisotopic (exact) mass is 367 g/mol. The summed E-state index contributed by atoms with van der Waals surface area (Å²) >= 11 is 5.82. The van der Waals surface area contributed by atoms with Crippen LogP contribution < -0.4 is 4.72 Å². The molecule has 0 atom stereocenters. The molecule has 2 rings (SSSR count). The summed E-state index contributed by atoms with van der Waals surface area (Å²) in [5.41, 5.74) is 1.09. The van der Waals surface area contributed by atoms with E-state index in [1.807, 2.05) is 24.3 Å². The zero-order chi connectivity index (χ0) is 17.6. The van der Waals surface area contributed by atoms with Gasteiger partial charge in [-0.15, -0.1) is 0 Å². The van der Waals surface area contributed by atoms with Gasteiger partial charge in [-0.1, -0.05) is 29.8 Å². The van der Waals surface area contributed by atoms with Gasteiger partial charge in [0.25, 0.3) is 0 Å². The number of hydrogen-bond donors (Lipinski definition) is 2. The van der Waals surface area contributed by atoms with Gasteiger partial charge in [0.05, 0.1) is 10.5 Å². The molecule has 2 aromatic rings. The lowest BCUT2D eigenvalue weighted by atomic mass is 10.1. The van der Waals surface area contributed by atoms with Crippen molar-refractivity contribution in [1.82, 2.24) is 4.72 Å². The van der Waals surface area contributed by atoms with Crippen molar-refractivity contribution >= 4 is 27.6 Å². The lowest BCUT2D eigenvalue weighted by molar-refractivity contribution is 0.0696. The van der Waals surface area contributed by atoms with Crippen molar-refractivity contribution < 1.29 is 18.3 Å². The Labute approximate surface area is 146 Å². The zero-order valence-electron chi connectivity index (χ0n) is 12.9. The molecule has 2 N–H and O–H groups in total. The minimum Gasteiger partial charge on any atom is -0.478 e. The Balaban J connectivity index is 1.83. The number of aryl methyl sites for hydroxylation is 1. The lowest BCUT2D eigenvalue weighted by Gasteiger charge is -2.07. The molecule has 0 aromatic heterocycles. The van der Waals surface area contributed by atoms with Gasteiger partial charge in [-0.25, -0.2) is 17.9 Å². The molecule has 5 nitrogen and oxygen atoms in total. The highest BCUT2D eigenvalue weighted by molar-refractivity contribution is 7.89. The molecule has 0 aliphatic carbocycles. The van der Waals surface area contributed by atoms with Crippen molar-refractivity contribution in [2.75, 3.05) is 6.54 Å². The van der Waals surface area contributed by atoms with Gasteiger partial charge < -0.3 is 5.11 Å². The summed E-state index contributed by atoms with van der Waals surface area (Å²) < 4.78 is 26.8. The maximum absolute atomic E-state index is 12.2. The minimum absolute atomic E-state index is 0.0416. The van der Waals surface area contributed by atoms with Gasteiger partial charge >= 0.3 is 5.97 Å². The summed E-state index contributed by atoms with van der Waals surface area (Å²) in [6.45, 7) is 0.299. The third-order valence-electron chi connectivity index (χ3n) is 3.49. The Morgan fingerprint density at radius 1 is 1.08 bits per heavy atom. The molecule has 24 heavy (non-hydrogen) atoms. The standard InChI is InChI=1S/C17H18ClNO4S/c18-15-9-7-13(8-10-15)4-1-2-11-19-24(22,23)16-6-3-5-14(12-16)17(20)21/h3,5-10,12,19H,1-2,4,11H2,(H,20,21). The number of benzene rings is 2. The highest BCUT2D eigenvalue weighted by Crippen LogP contribution is 2.13. The van der Waals surface area contributed by atoms with Crippen molar-refractivity contribution in [3.63, 3.8) is 0 Å². The Morgan fingerprint density at radius 2 is 1.79 bits per heavy atom. The van der Waals surface area contributed by atoms with Crippen LogP contribution in [0.5, 0.6) is 0 Å². The van der Waals surface area contributed by atoms with Crippen LogP contribution in [0.25, 0.3) is 0 Å². The van der Waals surface area contributed by atoms with E-state index in [4.69, 9.17) is 16.7 Å². The maximum Gasteiger partial charge on any atom is 0.335 e. The number of carbonyl (C=O) groups is 1. The van der Waals surface area contributed by atoms with Crippen LogP contribution in [-0.2, 0) is 16.4 Å². The summed E-state index contributed by atoms with van der Waals surface area (Å²) in [6.07, 6.45) is 2.35. The zero-order valence-corrected chi connectivity index (χ0v) is 14.5. The van der Waals surface area contributed by atoms with E-state index in [9.17, 15) is 13.2 Å². The van der Waals surface area contributed by atoms with Gasteiger partial charge in [-0.3, -0.25) is 0 Å². The van der Waals surface area contributed by atoms with E-state index in [1.165, 1.54) is 18.2 Å². The quantitative estimate of drug-likeness (QED) is 0.701. The Morgan fingerprint density at radius 3 is 2.46 bits per heavy atom. The van der Waals surface area contributed by atoms with Gasteiger partial charge in [-0.2, -0.15) is 0 Å². The normalized spacial score (nSPS) is 11.4. The highest BCUT2D eigenvalue weighted by Gasteiger charge is 2.15. The highest BCUT2D eigenvalue weighted by atomic mass is 35.5. The molecule has 0 unspecified atom stereocenters. The fourth-order valence-electron chi connectivity index (χ4n) is 2.19. The Hall–Kier alpha value is -1.89. The largest absolute Gasteiger partial charge is 0.478 e. The van der Waals surface area contributed by atoms with E-state index in [1.54, 1.807) is 0 Å². The number of unbranched alkanes of at least 4 members (excludes halogenated alkanes) is 1. The number of nitrogens with one attached hydrogen (secondary N) is 1. The number of halogens is 1. The maximum atomic E-state index is 12.2. The first-order chi connectivity index (χ1) is 11.4. The molecule has 0 aliphatic heterocycles. The second-order valence-electron chi connectivity index (χ2n) is 5.31. The van der Waals surface area contributed by atoms with Crippen LogP contribution in [0.4, 0.5) is 0 Å². The molecule has 128 valence electrons. The fourth-order valence-corrected chi connectivity index (χ4v) is 3.44. The van der Waals surface area contributed by atoms with Crippen molar-refractivity contribution in [3.05, 3.63) is 64.7 Å². The summed E-state index contributed by atoms with van der Waals surface area (Å²) in [5, 5.41) is 9.61. The molecule has 0 spiro atoms. The molecule has 0 aliphatic rings. The van der Waals surface area contributed by atoms with Crippen LogP contribution in [0.15, 0.2) is 53.4 Å². The molecule has 0 amide bonds. The molecule has 0 saturated carbocycles. The molecule has 0 bridgehead atoms. The molecule has 7 heteroatoms. The summed E-state index contributed by atoms with van der Waals surface area (Å²) in [4.78, 5) is 10.9. The van der Waals surface area contributed by atoms with Crippen molar-refractivity contribution in [2.24, 2.45) is 0 Å². The van der Waals surface area contributed by atoms with E-state index in [0.29, 0.717) is 18.0 Å². The summed E-state index contributed by atoms with van der Waals surface area (Å²) in [7, 11) is -3.70. The van der Waals surface area contributed by atoms with Gasteiger partial charge in [-0.05, 0) is 55.2 Å². The van der Waals surface area contributed by atoms with Crippen molar-refractivity contribution in [3.8, 4) is 0 Å². The molecular weight excluding hydrogens is 350 g/mol. The predicted octanol–water partition coefficient (Wildman–Crippen LogP) is 3.34. The Kier molecular flexibility index (Phi) is 6.36. The first kappa shape index (κ1) is 18.4. The van der Waals surface area contributed by atoms with E-state index >= 15 is 0 Å². The van der Waals surface area contributed by atoms with E-state index < -0.39 is 16.0 Å². The van der Waals surface area contributed by atoms with Crippen LogP contribution in [0.1, 0.15) is 28.8 Å². The van der Waals surface area contributed by atoms with Crippen LogP contribution in [0, 0.1) is 0 Å². The van der Waals surface area contributed by atoms with Gasteiger partial charge in [0.2, 0.25) is 10.0 Å². The van der Waals surface area contributed by atoms with E-state index in [0.717, 1.165) is 24.5 Å². The number of sulfonamides is 1. The number of carboxylic acids is 1. The SMILES string of the molecule is O=C(O)c1cccc(S(=O)(=O)NCCCCc2ccc(Cl)cc2)c1. The van der Waals surface area contributed by atoms with Crippen LogP contribution in [0.3, 0.4) is 0 Å². The van der Waals surface area contributed by atoms with Crippen molar-refractivity contribution in [1.29, 1.82) is 0 Å². The molecule has 0 radical (unpaired) electrons. The average molecular weight is 368 g/mol. The minimum atomic E-state index is -3.70. The second kappa shape index (κ2) is 8.28. The first-order valence-corrected chi connectivity index (χ1v) is 9.32. The third-order valence-corrected chi connectivity index (χ3v) is 5.20.